The molecule has 1 amide bonds. The Bertz CT molecular complexity index is 136. The van der Waals surface area contributed by atoms with Crippen molar-refractivity contribution < 1.29 is 12.4 Å². The van der Waals surface area contributed by atoms with E-state index in [9.17, 15) is 4.79 Å². The van der Waals surface area contributed by atoms with Crippen LogP contribution in [0.5, 0.6) is 0 Å². The Balaban J connectivity index is 4.09. The van der Waals surface area contributed by atoms with E-state index < -0.39 is 11.2 Å². The van der Waals surface area contributed by atoms with Gasteiger partial charge < -0.3 is 0 Å². The fraction of sp³-hybridized carbons (Fsp3) is 0.750. The summed E-state index contributed by atoms with van der Waals surface area (Å²) in [6.45, 7) is 0. The summed E-state index contributed by atoms with van der Waals surface area (Å²) in [5.74, 6) is -0.769. The molecule has 0 unspecified atom stereocenters. The number of amides is 1. The van der Waals surface area contributed by atoms with Gasteiger partial charge in [-0.1, -0.05) is 15.9 Å². The number of carbonyl (C=O) groups excluding carboxylic acids is 1. The molecule has 4 heteroatoms. The monoisotopic (exact) mass is 183 g/mol. The second-order valence-electron chi connectivity index (χ2n) is 1.08. The van der Waals surface area contributed by atoms with Crippen LogP contribution in [0, 0.1) is 0 Å². The molecule has 0 radical (unpaired) electrons. The highest BCUT2D eigenvalue weighted by Gasteiger charge is 2.02. The zero-order valence-electron chi connectivity index (χ0n) is 6.64. The summed E-state index contributed by atoms with van der Waals surface area (Å²) < 4.78 is 13.8. The van der Waals surface area contributed by atoms with Crippen LogP contribution in [0.1, 0.15) is 2.74 Å². The Morgan fingerprint density at radius 1 is 2.12 bits per heavy atom. The maximum Gasteiger partial charge on any atom is 0.256 e. The van der Waals surface area contributed by atoms with Gasteiger partial charge in [0.1, 0.15) is 0 Å². The number of carbonyl (C=O) groups is 1. The zero-order chi connectivity index (χ0) is 8.36. The third kappa shape index (κ3) is 2.28. The van der Waals surface area contributed by atoms with Crippen molar-refractivity contribution in [3.63, 3.8) is 0 Å². The minimum Gasteiger partial charge on any atom is -0.275 e. The maximum absolute atomic E-state index is 10.8. The van der Waals surface area contributed by atoms with Gasteiger partial charge in [-0.2, -0.15) is 0 Å². The molecule has 3 nitrogen and oxygen atoms in total. The standard InChI is InChI=1S/C4H8BrNO2/c1-6(8-2)4(7)3-5/h3H2,1-2H3/i3D2. The van der Waals surface area contributed by atoms with Gasteiger partial charge in [-0.3, -0.25) is 9.63 Å². The van der Waals surface area contributed by atoms with Crippen molar-refractivity contribution in [2.45, 2.75) is 0 Å². The highest BCUT2D eigenvalue weighted by atomic mass is 79.9. The van der Waals surface area contributed by atoms with Crippen LogP contribution < -0.4 is 0 Å². The van der Waals surface area contributed by atoms with E-state index in [1.165, 1.54) is 14.2 Å². The van der Waals surface area contributed by atoms with Crippen molar-refractivity contribution >= 4 is 21.8 Å². The smallest absolute Gasteiger partial charge is 0.256 e. The van der Waals surface area contributed by atoms with E-state index in [-0.39, 0.29) is 0 Å². The van der Waals surface area contributed by atoms with E-state index in [2.05, 4.69) is 20.8 Å². The molecule has 0 N–H and O–H groups in total. The molecule has 0 aromatic carbocycles. The van der Waals surface area contributed by atoms with Crippen LogP contribution in [0.15, 0.2) is 0 Å². The Kier molecular flexibility index (Phi) is 2.29. The van der Waals surface area contributed by atoms with E-state index in [0.717, 1.165) is 5.06 Å². The zero-order valence-corrected chi connectivity index (χ0v) is 6.23. The van der Waals surface area contributed by atoms with Crippen LogP contribution in [0.3, 0.4) is 0 Å². The molecule has 0 saturated heterocycles. The first kappa shape index (κ1) is 4.76. The molecule has 0 atom stereocenters. The van der Waals surface area contributed by atoms with Gasteiger partial charge in [0.2, 0.25) is 0 Å². The maximum atomic E-state index is 10.8. The molecule has 0 aliphatic heterocycles. The first-order valence-corrected chi connectivity index (χ1v) is 2.70. The van der Waals surface area contributed by atoms with Gasteiger partial charge in [0.05, 0.1) is 12.4 Å². The Morgan fingerprint density at radius 2 is 2.62 bits per heavy atom. The van der Waals surface area contributed by atoms with Gasteiger partial charge in [0, 0.05) is 9.79 Å². The fourth-order valence-electron chi connectivity index (χ4n) is 0.142. The predicted molar refractivity (Wildman–Crippen MR) is 33.6 cm³/mol. The number of hydrogen-bond acceptors (Lipinski definition) is 2. The van der Waals surface area contributed by atoms with Crippen molar-refractivity contribution in [1.29, 1.82) is 0 Å². The van der Waals surface area contributed by atoms with Crippen molar-refractivity contribution in [2.75, 3.05) is 19.4 Å². The van der Waals surface area contributed by atoms with Crippen molar-refractivity contribution in [2.24, 2.45) is 0 Å². The first-order chi connectivity index (χ1) is 4.39. The lowest BCUT2D eigenvalue weighted by Crippen LogP contribution is -2.25. The number of nitrogens with zero attached hydrogens (tertiary/aromatic N) is 1. The molecular weight excluding hydrogens is 174 g/mol. The normalized spacial score (nSPS) is 14.4. The van der Waals surface area contributed by atoms with Gasteiger partial charge in [0.15, 0.2) is 0 Å². The first-order valence-electron chi connectivity index (χ1n) is 2.90. The molecule has 0 aromatic heterocycles. The number of halogens is 1. The van der Waals surface area contributed by atoms with Gasteiger partial charge in [-0.05, 0) is 0 Å². The molecule has 0 rings (SSSR count). The quantitative estimate of drug-likeness (QED) is 0.459. The second-order valence-corrected chi connectivity index (χ2v) is 1.48. The fourth-order valence-corrected chi connectivity index (χ4v) is 0.392. The molecule has 0 aromatic rings. The molecule has 0 heterocycles. The van der Waals surface area contributed by atoms with E-state index in [1.807, 2.05) is 0 Å². The van der Waals surface area contributed by atoms with Gasteiger partial charge in [0.25, 0.3) is 5.91 Å². The second kappa shape index (κ2) is 3.86. The number of alkyl halides is 1. The number of hydrogen-bond donors (Lipinski definition) is 0. The summed E-state index contributed by atoms with van der Waals surface area (Å²) in [4.78, 5) is 15.2. The summed E-state index contributed by atoms with van der Waals surface area (Å²) >= 11 is 2.55. The van der Waals surface area contributed by atoms with Crippen LogP contribution >= 0.6 is 15.9 Å². The topological polar surface area (TPSA) is 29.5 Å². The predicted octanol–water partition coefficient (Wildman–Crippen LogP) is 0.401. The van der Waals surface area contributed by atoms with E-state index in [4.69, 9.17) is 2.74 Å². The van der Waals surface area contributed by atoms with Crippen LogP contribution in [0.4, 0.5) is 0 Å². The summed E-state index contributed by atoms with van der Waals surface area (Å²) in [5, 5.41) is -1.23. The van der Waals surface area contributed by atoms with Crippen LogP contribution in [0.25, 0.3) is 0 Å². The number of hydroxylamine groups is 2. The van der Waals surface area contributed by atoms with Crippen LogP contribution in [-0.4, -0.2) is 30.4 Å². The Morgan fingerprint density at radius 3 is 2.75 bits per heavy atom. The minimum atomic E-state index is -2.04. The Labute approximate surface area is 59.5 Å². The lowest BCUT2D eigenvalue weighted by atomic mass is 10.7. The third-order valence-electron chi connectivity index (χ3n) is 0.641. The van der Waals surface area contributed by atoms with Crippen LogP contribution in [0.2, 0.25) is 0 Å². The van der Waals surface area contributed by atoms with Gasteiger partial charge >= 0.3 is 0 Å². The van der Waals surface area contributed by atoms with Crippen molar-refractivity contribution in [1.82, 2.24) is 5.06 Å². The molecule has 0 spiro atoms. The molecule has 0 fully saturated rings. The molecule has 0 bridgehead atoms. The van der Waals surface area contributed by atoms with E-state index in [1.54, 1.807) is 0 Å². The molecule has 0 aliphatic carbocycles. The molecular formula is C4H8BrNO2. The van der Waals surface area contributed by atoms with Gasteiger partial charge in [-0.25, -0.2) is 5.06 Å². The van der Waals surface area contributed by atoms with Gasteiger partial charge in [-0.15, -0.1) is 0 Å². The molecule has 8 heavy (non-hydrogen) atoms. The summed E-state index contributed by atoms with van der Waals surface area (Å²) in [7, 11) is 2.62. The van der Waals surface area contributed by atoms with Crippen LogP contribution in [-0.2, 0) is 9.63 Å². The molecule has 48 valence electrons. The highest BCUT2D eigenvalue weighted by molar-refractivity contribution is 9.09. The highest BCUT2D eigenvalue weighted by Crippen LogP contribution is 1.87. The Hall–Kier alpha value is -0.0900. The average molecular weight is 184 g/mol. The summed E-state index contributed by atoms with van der Waals surface area (Å²) in [5.41, 5.74) is 0. The SMILES string of the molecule is [2H]C([2H])(Br)C(=O)N(C)OC. The lowest BCUT2D eigenvalue weighted by molar-refractivity contribution is -0.165. The summed E-state index contributed by atoms with van der Waals surface area (Å²) in [6.07, 6.45) is 0. The van der Waals surface area contributed by atoms with Crippen molar-refractivity contribution in [3.05, 3.63) is 0 Å². The lowest BCUT2D eigenvalue weighted by Gasteiger charge is -2.10. The van der Waals surface area contributed by atoms with Crippen molar-refractivity contribution in [3.8, 4) is 0 Å². The number of rotatable bonds is 2. The van der Waals surface area contributed by atoms with E-state index >= 15 is 0 Å². The minimum absolute atomic E-state index is 0.769. The third-order valence-corrected chi connectivity index (χ3v) is 0.980. The molecule has 0 saturated carbocycles. The largest absolute Gasteiger partial charge is 0.275 e. The molecule has 0 aliphatic rings. The average Bonchev–Trinajstić information content (AvgIpc) is 1.83. The summed E-state index contributed by atoms with van der Waals surface area (Å²) in [6, 6.07) is 0. The van der Waals surface area contributed by atoms with E-state index in [0.29, 0.717) is 0 Å².